The number of rotatable bonds is 6. The van der Waals surface area contributed by atoms with Gasteiger partial charge in [-0.3, -0.25) is 14.3 Å². The molecule has 0 saturated heterocycles. The standard InChI is InChI=1S/C14H14FN3O3/c15-12-3-1-10(2-4-12)7-16-14(21)11-8-17-18(9-11)6-5-13(19)20/h1-4,8-9H,5-7H2,(H,16,21)(H,19,20). The van der Waals surface area contributed by atoms with Gasteiger partial charge in [0.1, 0.15) is 5.82 Å². The van der Waals surface area contributed by atoms with Crippen molar-refractivity contribution in [1.82, 2.24) is 15.1 Å². The van der Waals surface area contributed by atoms with E-state index in [9.17, 15) is 14.0 Å². The van der Waals surface area contributed by atoms with Crippen LogP contribution in [0.3, 0.4) is 0 Å². The number of nitrogens with one attached hydrogen (secondary N) is 1. The highest BCUT2D eigenvalue weighted by Gasteiger charge is 2.09. The molecule has 2 N–H and O–H groups in total. The summed E-state index contributed by atoms with van der Waals surface area (Å²) in [6, 6.07) is 5.83. The van der Waals surface area contributed by atoms with Crippen molar-refractivity contribution in [3.63, 3.8) is 0 Å². The van der Waals surface area contributed by atoms with Crippen LogP contribution in [0.4, 0.5) is 4.39 Å². The Kier molecular flexibility index (Phi) is 4.65. The molecule has 0 bridgehead atoms. The molecule has 1 aromatic carbocycles. The van der Waals surface area contributed by atoms with Crippen molar-refractivity contribution in [2.45, 2.75) is 19.5 Å². The third-order valence-corrected chi connectivity index (χ3v) is 2.82. The fourth-order valence-corrected chi connectivity index (χ4v) is 1.70. The number of benzene rings is 1. The summed E-state index contributed by atoms with van der Waals surface area (Å²) in [7, 11) is 0. The Morgan fingerprint density at radius 2 is 2.00 bits per heavy atom. The summed E-state index contributed by atoms with van der Waals surface area (Å²) in [6.45, 7) is 0.486. The second kappa shape index (κ2) is 6.65. The monoisotopic (exact) mass is 291 g/mol. The van der Waals surface area contributed by atoms with E-state index in [1.165, 1.54) is 29.2 Å². The van der Waals surface area contributed by atoms with Crippen LogP contribution in [0.5, 0.6) is 0 Å². The lowest BCUT2D eigenvalue weighted by Crippen LogP contribution is -2.22. The normalized spacial score (nSPS) is 10.3. The molecule has 0 fully saturated rings. The summed E-state index contributed by atoms with van der Waals surface area (Å²) < 4.78 is 14.1. The van der Waals surface area contributed by atoms with E-state index in [2.05, 4.69) is 10.4 Å². The number of carbonyl (C=O) groups is 2. The number of halogens is 1. The Balaban J connectivity index is 1.88. The van der Waals surface area contributed by atoms with E-state index in [-0.39, 0.29) is 31.2 Å². The summed E-state index contributed by atoms with van der Waals surface area (Å²) in [5, 5.41) is 15.2. The predicted molar refractivity (Wildman–Crippen MR) is 72.1 cm³/mol. The topological polar surface area (TPSA) is 84.2 Å². The van der Waals surface area contributed by atoms with Crippen LogP contribution in [-0.2, 0) is 17.9 Å². The third-order valence-electron chi connectivity index (χ3n) is 2.82. The molecule has 0 spiro atoms. The van der Waals surface area contributed by atoms with E-state index in [0.717, 1.165) is 5.56 Å². The van der Waals surface area contributed by atoms with E-state index in [1.807, 2.05) is 0 Å². The molecular weight excluding hydrogens is 277 g/mol. The zero-order chi connectivity index (χ0) is 15.2. The van der Waals surface area contributed by atoms with Crippen LogP contribution in [0.2, 0.25) is 0 Å². The molecule has 7 heteroatoms. The minimum Gasteiger partial charge on any atom is -0.481 e. The highest BCUT2D eigenvalue weighted by molar-refractivity contribution is 5.93. The lowest BCUT2D eigenvalue weighted by molar-refractivity contribution is -0.137. The van der Waals surface area contributed by atoms with Crippen LogP contribution < -0.4 is 5.32 Å². The first-order valence-electron chi connectivity index (χ1n) is 6.31. The summed E-state index contributed by atoms with van der Waals surface area (Å²) in [6.07, 6.45) is 2.81. The van der Waals surface area contributed by atoms with Crippen LogP contribution >= 0.6 is 0 Å². The first-order valence-corrected chi connectivity index (χ1v) is 6.31. The molecule has 0 aliphatic rings. The van der Waals surface area contributed by atoms with Crippen molar-refractivity contribution in [3.8, 4) is 0 Å². The van der Waals surface area contributed by atoms with E-state index in [0.29, 0.717) is 5.56 Å². The smallest absolute Gasteiger partial charge is 0.305 e. The number of hydrogen-bond acceptors (Lipinski definition) is 3. The van der Waals surface area contributed by atoms with Crippen LogP contribution in [0.1, 0.15) is 22.3 Å². The molecule has 0 aliphatic heterocycles. The second-order valence-corrected chi connectivity index (χ2v) is 4.44. The minimum atomic E-state index is -0.923. The van der Waals surface area contributed by atoms with Gasteiger partial charge < -0.3 is 10.4 Å². The Bertz CT molecular complexity index is 637. The Labute approximate surface area is 120 Å². The van der Waals surface area contributed by atoms with Gasteiger partial charge in [-0.25, -0.2) is 4.39 Å². The summed E-state index contributed by atoms with van der Waals surface area (Å²) in [4.78, 5) is 22.3. The van der Waals surface area contributed by atoms with E-state index in [1.54, 1.807) is 12.1 Å². The molecule has 0 unspecified atom stereocenters. The molecule has 2 rings (SSSR count). The largest absolute Gasteiger partial charge is 0.481 e. The lowest BCUT2D eigenvalue weighted by Gasteiger charge is -2.03. The molecule has 1 aromatic heterocycles. The van der Waals surface area contributed by atoms with Gasteiger partial charge in [0.15, 0.2) is 0 Å². The average Bonchev–Trinajstić information content (AvgIpc) is 2.93. The zero-order valence-corrected chi connectivity index (χ0v) is 11.1. The SMILES string of the molecule is O=C(O)CCn1cc(C(=O)NCc2ccc(F)cc2)cn1. The van der Waals surface area contributed by atoms with Crippen LogP contribution in [0.25, 0.3) is 0 Å². The molecule has 110 valence electrons. The molecule has 2 aromatic rings. The highest BCUT2D eigenvalue weighted by atomic mass is 19.1. The van der Waals surface area contributed by atoms with Crippen LogP contribution in [0, 0.1) is 5.82 Å². The van der Waals surface area contributed by atoms with E-state index < -0.39 is 5.97 Å². The lowest BCUT2D eigenvalue weighted by atomic mass is 10.2. The number of aromatic nitrogens is 2. The Morgan fingerprint density at radius 1 is 1.29 bits per heavy atom. The fraction of sp³-hybridized carbons (Fsp3) is 0.214. The zero-order valence-electron chi connectivity index (χ0n) is 11.1. The number of aryl methyl sites for hydroxylation is 1. The first kappa shape index (κ1) is 14.7. The van der Waals surface area contributed by atoms with Crippen molar-refractivity contribution in [1.29, 1.82) is 0 Å². The Hall–Kier alpha value is -2.70. The number of hydrogen-bond donors (Lipinski definition) is 2. The molecule has 0 radical (unpaired) electrons. The maximum atomic E-state index is 12.7. The molecule has 1 amide bonds. The van der Waals surface area contributed by atoms with Crippen molar-refractivity contribution in [2.24, 2.45) is 0 Å². The fourth-order valence-electron chi connectivity index (χ4n) is 1.70. The van der Waals surface area contributed by atoms with Crippen molar-refractivity contribution < 1.29 is 19.1 Å². The van der Waals surface area contributed by atoms with Crippen molar-refractivity contribution >= 4 is 11.9 Å². The van der Waals surface area contributed by atoms with Crippen molar-refractivity contribution in [3.05, 3.63) is 53.6 Å². The van der Waals surface area contributed by atoms with Crippen LogP contribution in [-0.4, -0.2) is 26.8 Å². The summed E-state index contributed by atoms with van der Waals surface area (Å²) >= 11 is 0. The number of carbonyl (C=O) groups excluding carboxylic acids is 1. The maximum Gasteiger partial charge on any atom is 0.305 e. The first-order chi connectivity index (χ1) is 10.0. The third kappa shape index (κ3) is 4.41. The van der Waals surface area contributed by atoms with Gasteiger partial charge in [0.25, 0.3) is 5.91 Å². The molecule has 21 heavy (non-hydrogen) atoms. The van der Waals surface area contributed by atoms with Crippen LogP contribution in [0.15, 0.2) is 36.7 Å². The van der Waals surface area contributed by atoms with E-state index >= 15 is 0 Å². The number of carboxylic acids is 1. The number of amides is 1. The molecular formula is C14H14FN3O3. The highest BCUT2D eigenvalue weighted by Crippen LogP contribution is 2.04. The second-order valence-electron chi connectivity index (χ2n) is 4.44. The van der Waals surface area contributed by atoms with Gasteiger partial charge in [-0.15, -0.1) is 0 Å². The van der Waals surface area contributed by atoms with E-state index in [4.69, 9.17) is 5.11 Å². The minimum absolute atomic E-state index is 0.0572. The molecule has 0 saturated carbocycles. The van der Waals surface area contributed by atoms with Crippen molar-refractivity contribution in [2.75, 3.05) is 0 Å². The van der Waals surface area contributed by atoms with Gasteiger partial charge >= 0.3 is 5.97 Å². The predicted octanol–water partition coefficient (Wildman–Crippen LogP) is 1.43. The summed E-state index contributed by atoms with van der Waals surface area (Å²) in [5.74, 6) is -1.57. The average molecular weight is 291 g/mol. The maximum absolute atomic E-state index is 12.7. The van der Waals surface area contributed by atoms with Gasteiger partial charge in [0.2, 0.25) is 0 Å². The van der Waals surface area contributed by atoms with Gasteiger partial charge in [-0.1, -0.05) is 12.1 Å². The molecule has 0 aliphatic carbocycles. The molecule has 6 nitrogen and oxygen atoms in total. The van der Waals surface area contributed by atoms with Gasteiger partial charge in [-0.05, 0) is 17.7 Å². The van der Waals surface area contributed by atoms with Gasteiger partial charge in [0.05, 0.1) is 24.7 Å². The van der Waals surface area contributed by atoms with Gasteiger partial charge in [-0.2, -0.15) is 5.10 Å². The number of carboxylic acid groups (broad SMARTS) is 1. The molecule has 0 atom stereocenters. The number of nitrogens with zero attached hydrogens (tertiary/aromatic N) is 2. The van der Waals surface area contributed by atoms with Gasteiger partial charge in [0, 0.05) is 12.7 Å². The quantitative estimate of drug-likeness (QED) is 0.843. The molecule has 1 heterocycles. The number of aliphatic carboxylic acids is 1. The Morgan fingerprint density at radius 3 is 2.67 bits per heavy atom. The summed E-state index contributed by atoms with van der Waals surface area (Å²) in [5.41, 5.74) is 1.13.